The van der Waals surface area contributed by atoms with Gasteiger partial charge in [0.25, 0.3) is 0 Å². The molecule has 11 rings (SSSR count). The van der Waals surface area contributed by atoms with Crippen molar-refractivity contribution < 1.29 is 0 Å². The van der Waals surface area contributed by atoms with E-state index in [4.69, 9.17) is 0 Å². The van der Waals surface area contributed by atoms with Gasteiger partial charge >= 0.3 is 0 Å². The van der Waals surface area contributed by atoms with Crippen LogP contribution in [0.2, 0.25) is 0 Å². The molecule has 0 spiro atoms. The lowest BCUT2D eigenvalue weighted by molar-refractivity contribution is 0.490. The lowest BCUT2D eigenvalue weighted by Gasteiger charge is -2.33. The Morgan fingerprint density at radius 3 is 1.84 bits per heavy atom. The Morgan fingerprint density at radius 1 is 0.594 bits per heavy atom. The molecule has 0 aromatic heterocycles. The van der Waals surface area contributed by atoms with Crippen molar-refractivity contribution in [2.45, 2.75) is 49.0 Å². The van der Waals surface area contributed by atoms with Crippen molar-refractivity contribution in [2.24, 2.45) is 0 Å². The summed E-state index contributed by atoms with van der Waals surface area (Å²) in [7, 11) is 2.16. The average molecular weight is 878 g/mol. The molecular weight excluding hydrogens is 825 g/mol. The third-order valence-electron chi connectivity index (χ3n) is 14.5. The summed E-state index contributed by atoms with van der Waals surface area (Å²) in [5.74, 6) is 0. The molecule has 4 heteroatoms. The van der Waals surface area contributed by atoms with Gasteiger partial charge in [-0.3, -0.25) is 0 Å². The molecule has 2 atom stereocenters. The molecule has 3 aliphatic rings. The summed E-state index contributed by atoms with van der Waals surface area (Å²) >= 11 is 0. The summed E-state index contributed by atoms with van der Waals surface area (Å²) in [5.41, 5.74) is 20.4. The fourth-order valence-corrected chi connectivity index (χ4v) is 15.3. The molecule has 0 bridgehead atoms. The average Bonchev–Trinajstić information content (AvgIpc) is 4.06. The van der Waals surface area contributed by atoms with Gasteiger partial charge in [0.05, 0.1) is 14.9 Å². The van der Waals surface area contributed by atoms with Gasteiger partial charge in [-0.2, -0.15) is 0 Å². The van der Waals surface area contributed by atoms with Gasteiger partial charge in [0.1, 0.15) is 0 Å². The van der Waals surface area contributed by atoms with Crippen LogP contribution in [0.25, 0.3) is 34.4 Å². The van der Waals surface area contributed by atoms with Crippen LogP contribution in [0.15, 0.2) is 188 Å². The van der Waals surface area contributed by atoms with Crippen molar-refractivity contribution in [1.29, 1.82) is 0 Å². The summed E-state index contributed by atoms with van der Waals surface area (Å²) < 4.78 is 0. The Kier molecular flexibility index (Phi) is 10.8. The lowest BCUT2D eigenvalue weighted by Crippen LogP contribution is -2.28. The fraction of sp³-hybridized carbons (Fsp3) is 0.150. The largest absolute Gasteiger partial charge is 0.310 e. The Morgan fingerprint density at radius 2 is 1.19 bits per heavy atom. The molecular formula is C60H53NP2Si. The van der Waals surface area contributed by atoms with Crippen LogP contribution in [0.5, 0.6) is 0 Å². The summed E-state index contributed by atoms with van der Waals surface area (Å²) in [4.78, 5) is 2.48. The summed E-state index contributed by atoms with van der Waals surface area (Å²) in [6.07, 6.45) is 13.3. The van der Waals surface area contributed by atoms with Crippen LogP contribution in [0.1, 0.15) is 76.8 Å². The minimum Gasteiger partial charge on any atom is -0.310 e. The quantitative estimate of drug-likeness (QED) is 0.0634. The smallest absolute Gasteiger partial charge is 0.0713 e. The highest BCUT2D eigenvalue weighted by molar-refractivity contribution is 7.51. The molecule has 8 aromatic carbocycles. The SMILES string of the molecule is C=PCc1ccc(N(c2ccc([SiH2]C3CP3)cc2)c2ccc3c(c2)C(CC)(CC)c2cc(C=Cc4cccc5c4-c4ccccc4C5(c4ccccc4)c4ccccc4)ccc2-3)cc1. The zero-order chi connectivity index (χ0) is 43.3. The van der Waals surface area contributed by atoms with E-state index in [1.165, 1.54) is 104 Å². The fourth-order valence-electron chi connectivity index (χ4n) is 11.2. The number of hydrogen-bond donors (Lipinski definition) is 0. The van der Waals surface area contributed by atoms with Crippen LogP contribution >= 0.6 is 16.8 Å². The Labute approximate surface area is 385 Å². The minimum atomic E-state index is -0.412. The van der Waals surface area contributed by atoms with E-state index in [-0.39, 0.29) is 14.9 Å². The topological polar surface area (TPSA) is 3.24 Å². The second-order valence-corrected chi connectivity index (χ2v) is 23.2. The number of anilines is 3. The van der Waals surface area contributed by atoms with E-state index in [9.17, 15) is 0 Å². The maximum atomic E-state index is 4.08. The molecule has 0 radical (unpaired) electrons. The van der Waals surface area contributed by atoms with Crippen molar-refractivity contribution in [3.8, 4) is 22.3 Å². The third kappa shape index (κ3) is 6.82. The Hall–Kier alpha value is -5.88. The normalized spacial score (nSPS) is 16.6. The third-order valence-corrected chi connectivity index (χ3v) is 19.8. The van der Waals surface area contributed by atoms with E-state index >= 15 is 0 Å². The molecule has 1 aliphatic heterocycles. The molecule has 8 aromatic rings. The van der Waals surface area contributed by atoms with E-state index < -0.39 is 5.41 Å². The van der Waals surface area contributed by atoms with Gasteiger partial charge in [0, 0.05) is 28.6 Å². The first-order valence-corrected chi connectivity index (χ1v) is 27.1. The highest BCUT2D eigenvalue weighted by Gasteiger charge is 2.46. The van der Waals surface area contributed by atoms with Gasteiger partial charge in [0.2, 0.25) is 0 Å². The molecule has 312 valence electrons. The van der Waals surface area contributed by atoms with Crippen LogP contribution in [-0.2, 0) is 17.0 Å². The molecule has 64 heavy (non-hydrogen) atoms. The van der Waals surface area contributed by atoms with Crippen LogP contribution in [-0.4, -0.2) is 27.3 Å². The highest BCUT2D eigenvalue weighted by Crippen LogP contribution is 2.58. The first kappa shape index (κ1) is 40.9. The van der Waals surface area contributed by atoms with Crippen LogP contribution < -0.4 is 10.1 Å². The molecule has 2 aliphatic carbocycles. The zero-order valence-electron chi connectivity index (χ0n) is 36.8. The second kappa shape index (κ2) is 16.9. The molecule has 2 unspecified atom stereocenters. The number of hydrogen-bond acceptors (Lipinski definition) is 1. The maximum Gasteiger partial charge on any atom is 0.0713 e. The van der Waals surface area contributed by atoms with Crippen molar-refractivity contribution in [3.63, 3.8) is 0 Å². The second-order valence-electron chi connectivity index (χ2n) is 17.8. The van der Waals surface area contributed by atoms with Crippen molar-refractivity contribution in [2.75, 3.05) is 11.1 Å². The molecule has 0 saturated carbocycles. The molecule has 0 amide bonds. The van der Waals surface area contributed by atoms with Gasteiger partial charge in [0.15, 0.2) is 0 Å². The highest BCUT2D eigenvalue weighted by atomic mass is 31.1. The number of benzene rings is 8. The molecule has 0 N–H and O–H groups in total. The summed E-state index contributed by atoms with van der Waals surface area (Å²) in [6.45, 7) is 4.77. The van der Waals surface area contributed by atoms with E-state index in [1.54, 1.807) is 5.19 Å². The standard InChI is InChI=1S/C60H53NP2Si/c1-4-59(5-2)55-37-41(23-27-43-15-14-22-54-58(43)52-20-12-13-21-53(52)60(54,44-16-8-6-9-17-44)45-18-10-7-11-19-45)26-35-50(55)51-36-32-48(38-56(51)59)61(46-28-24-42(25-29-46)39-62-3)47-30-33-49(34-31-47)64-57-40-63-57/h6-38,57,63H,3-5,39-40,64H2,1-2H3. The predicted molar refractivity (Wildman–Crippen MR) is 283 cm³/mol. The lowest BCUT2D eigenvalue weighted by atomic mass is 9.67. The van der Waals surface area contributed by atoms with Crippen molar-refractivity contribution in [1.82, 2.24) is 0 Å². The molecule has 1 heterocycles. The molecule has 1 saturated heterocycles. The van der Waals surface area contributed by atoms with Crippen LogP contribution in [0, 0.1) is 0 Å². The number of rotatable bonds is 13. The minimum absolute atomic E-state index is 0.0916. The molecule has 1 nitrogen and oxygen atoms in total. The van der Waals surface area contributed by atoms with E-state index in [2.05, 4.69) is 225 Å². The van der Waals surface area contributed by atoms with Crippen LogP contribution in [0.3, 0.4) is 0 Å². The first-order valence-electron chi connectivity index (χ1n) is 23.0. The zero-order valence-corrected chi connectivity index (χ0v) is 40.1. The van der Waals surface area contributed by atoms with Crippen LogP contribution in [0.4, 0.5) is 17.1 Å². The van der Waals surface area contributed by atoms with Gasteiger partial charge in [-0.1, -0.05) is 189 Å². The molecule has 1 fully saturated rings. The summed E-state index contributed by atoms with van der Waals surface area (Å²) in [5, 5.41) is 2.62. The van der Waals surface area contributed by atoms with Crippen molar-refractivity contribution >= 4 is 67.0 Å². The van der Waals surface area contributed by atoms with Gasteiger partial charge in [-0.25, -0.2) is 0 Å². The maximum absolute atomic E-state index is 4.08. The van der Waals surface area contributed by atoms with E-state index in [0.717, 1.165) is 32.5 Å². The summed E-state index contributed by atoms with van der Waals surface area (Å²) in [6, 6.07) is 71.4. The van der Waals surface area contributed by atoms with E-state index in [0.29, 0.717) is 0 Å². The predicted octanol–water partition coefficient (Wildman–Crippen LogP) is 14.5. The van der Waals surface area contributed by atoms with Gasteiger partial charge < -0.3 is 4.90 Å². The monoisotopic (exact) mass is 877 g/mol. The van der Waals surface area contributed by atoms with Gasteiger partial charge in [-0.05, 0) is 133 Å². The first-order chi connectivity index (χ1) is 31.5. The number of fused-ring (bicyclic) bond motifs is 6. The Bertz CT molecular complexity index is 3000. The van der Waals surface area contributed by atoms with Gasteiger partial charge in [-0.15, -0.1) is 16.8 Å². The van der Waals surface area contributed by atoms with Crippen molar-refractivity contribution in [3.05, 3.63) is 238 Å². The Balaban J connectivity index is 0.982. The number of nitrogens with zero attached hydrogens (tertiary/aromatic N) is 1. The van der Waals surface area contributed by atoms with E-state index in [1.807, 2.05) is 0 Å².